The third kappa shape index (κ3) is 17.1. The minimum Gasteiger partial charge on any atom is -0.480 e. The zero-order chi connectivity index (χ0) is 55.3. The summed E-state index contributed by atoms with van der Waals surface area (Å²) in [7, 11) is 0. The summed E-state index contributed by atoms with van der Waals surface area (Å²) in [6, 6.07) is 8.13. The zero-order valence-corrected chi connectivity index (χ0v) is 42.2. The summed E-state index contributed by atoms with van der Waals surface area (Å²) in [5.74, 6) is -6.29. The zero-order valence-electron chi connectivity index (χ0n) is 42.2. The molecule has 3 saturated heterocycles. The minimum absolute atomic E-state index is 0.0299. The number of hydrogen-bond acceptors (Lipinski definition) is 13. The van der Waals surface area contributed by atoms with E-state index in [4.69, 9.17) is 28.0 Å². The molecular formula is C48H71N17O11. The van der Waals surface area contributed by atoms with E-state index in [1.807, 2.05) is 0 Å². The van der Waals surface area contributed by atoms with E-state index in [0.717, 1.165) is 9.91 Å². The van der Waals surface area contributed by atoms with Gasteiger partial charge in [0.1, 0.15) is 30.2 Å². The summed E-state index contributed by atoms with van der Waals surface area (Å²) < 4.78 is 0. The maximum absolute atomic E-state index is 14.1. The number of carboxylic acid groups (broad SMARTS) is 1. The molecule has 3 aliphatic rings. The predicted molar refractivity (Wildman–Crippen MR) is 273 cm³/mol. The Kier molecular flexibility index (Phi) is 22.4. The molecule has 1 unspecified atom stereocenters. The van der Waals surface area contributed by atoms with Crippen molar-refractivity contribution in [1.29, 1.82) is 10.8 Å². The second-order valence-corrected chi connectivity index (χ2v) is 18.5. The molecule has 5 rings (SSSR count). The van der Waals surface area contributed by atoms with Gasteiger partial charge >= 0.3 is 18.0 Å². The first-order valence-electron chi connectivity index (χ1n) is 25.2. The first-order chi connectivity index (χ1) is 36.4. The fourth-order valence-electron chi connectivity index (χ4n) is 9.02. The summed E-state index contributed by atoms with van der Waals surface area (Å²) in [6.07, 6.45) is 2.50. The third-order valence-electron chi connectivity index (χ3n) is 12.9. The van der Waals surface area contributed by atoms with Crippen LogP contribution in [-0.4, -0.2) is 189 Å². The number of benzene rings is 2. The standard InChI is InChI=1S/C48H71N17O11/c49-32(16-7-20-54-45(50)51)42(71)64-24-11-25-65(64)48(76)62-23-10-18-36(62)40(69)56-27-38(67)57-34(26-30-12-3-1-4-13-30)39(68)58-35(29-66)43(72)61-22-9-19-37(61)41(70)60-63(28-31-14-5-2-6-15-31)47(75)59-33(44(73)74)17-8-21-55-46(52)53/h1-6,12-15,32-37,66H,7-11,16-29,49H2,(H,56,69)(H,57,67)(H,58,68)(H,59,75)(H,60,70)(H,73,74)(H4,50,51,54)(H4,52,53,55)/t32-,33?,34-,35-,36-,37-/m0/s1. The molecule has 0 radical (unpaired) electrons. The number of carbonyl (C=O) groups excluding carboxylic acids is 8. The molecule has 28 nitrogen and oxygen atoms in total. The first kappa shape index (κ1) is 58.6. The van der Waals surface area contributed by atoms with E-state index in [0.29, 0.717) is 43.4 Å². The van der Waals surface area contributed by atoms with Gasteiger partial charge in [0.15, 0.2) is 11.9 Å². The van der Waals surface area contributed by atoms with Crippen LogP contribution in [0.3, 0.4) is 0 Å². The van der Waals surface area contributed by atoms with Crippen LogP contribution < -0.4 is 54.5 Å². The third-order valence-corrected chi connectivity index (χ3v) is 12.9. The number of carboxylic acids is 1. The average Bonchev–Trinajstić information content (AvgIpc) is 4.22. The molecule has 6 atom stereocenters. The number of aliphatic hydroxyl groups is 1. The van der Waals surface area contributed by atoms with Gasteiger partial charge in [0.2, 0.25) is 23.6 Å². The van der Waals surface area contributed by atoms with Crippen molar-refractivity contribution in [2.24, 2.45) is 17.2 Å². The van der Waals surface area contributed by atoms with E-state index in [2.05, 4.69) is 37.3 Å². The number of nitrogens with one attached hydrogen (secondary N) is 9. The number of nitrogens with zero attached hydrogens (tertiary/aromatic N) is 5. The molecule has 2 aromatic carbocycles. The van der Waals surface area contributed by atoms with Crippen LogP contribution in [0.4, 0.5) is 9.59 Å². The van der Waals surface area contributed by atoms with Gasteiger partial charge in [-0.1, -0.05) is 60.7 Å². The second kappa shape index (κ2) is 29.0. The lowest BCUT2D eigenvalue weighted by molar-refractivity contribution is -0.144. The van der Waals surface area contributed by atoms with Gasteiger partial charge in [-0.2, -0.15) is 0 Å². The number of hydrogen-bond donors (Lipinski definition) is 14. The fraction of sp³-hybridized carbons (Fsp3) is 0.521. The molecule has 0 aromatic heterocycles. The Balaban J connectivity index is 1.20. The highest BCUT2D eigenvalue weighted by Gasteiger charge is 2.42. The highest BCUT2D eigenvalue weighted by atomic mass is 16.4. The Bertz CT molecular complexity index is 2380. The van der Waals surface area contributed by atoms with Crippen LogP contribution in [0.5, 0.6) is 0 Å². The van der Waals surface area contributed by atoms with Crippen LogP contribution in [-0.2, 0) is 46.5 Å². The molecule has 0 saturated carbocycles. The summed E-state index contributed by atoms with van der Waals surface area (Å²) in [5.41, 5.74) is 20.5. The number of aliphatic hydroxyl groups excluding tert-OH is 1. The van der Waals surface area contributed by atoms with E-state index in [9.17, 15) is 53.4 Å². The van der Waals surface area contributed by atoms with Crippen molar-refractivity contribution in [2.45, 2.75) is 107 Å². The molecular weight excluding hydrogens is 991 g/mol. The Morgan fingerprint density at radius 2 is 1.24 bits per heavy atom. The number of aliphatic carboxylic acids is 1. The molecule has 76 heavy (non-hydrogen) atoms. The summed E-state index contributed by atoms with van der Waals surface area (Å²) >= 11 is 0. The van der Waals surface area contributed by atoms with Gasteiger partial charge in [0.05, 0.1) is 25.7 Å². The van der Waals surface area contributed by atoms with Crippen LogP contribution in [0.25, 0.3) is 0 Å². The van der Waals surface area contributed by atoms with Gasteiger partial charge in [-0.3, -0.25) is 45.0 Å². The van der Waals surface area contributed by atoms with Crippen molar-refractivity contribution < 1.29 is 53.4 Å². The molecule has 0 bridgehead atoms. The molecule has 28 heteroatoms. The van der Waals surface area contributed by atoms with Crippen molar-refractivity contribution in [3.8, 4) is 0 Å². The van der Waals surface area contributed by atoms with Crippen molar-refractivity contribution in [1.82, 2.24) is 62.2 Å². The molecule has 0 aliphatic carbocycles. The number of carbonyl (C=O) groups is 9. The first-order valence-corrected chi connectivity index (χ1v) is 25.2. The highest BCUT2D eigenvalue weighted by molar-refractivity contribution is 5.96. The van der Waals surface area contributed by atoms with E-state index < -0.39 is 103 Å². The molecule has 10 amide bonds. The number of likely N-dealkylation sites (tertiary alicyclic amines) is 2. The summed E-state index contributed by atoms with van der Waals surface area (Å²) in [6.45, 7) is -0.515. The lowest BCUT2D eigenvalue weighted by Gasteiger charge is -2.34. The smallest absolute Gasteiger partial charge is 0.339 e. The number of urea groups is 2. The van der Waals surface area contributed by atoms with E-state index in [1.165, 1.54) is 14.9 Å². The van der Waals surface area contributed by atoms with Crippen molar-refractivity contribution in [3.05, 3.63) is 71.8 Å². The normalized spacial score (nSPS) is 17.6. The number of guanidine groups is 2. The van der Waals surface area contributed by atoms with Crippen molar-refractivity contribution in [3.63, 3.8) is 0 Å². The van der Waals surface area contributed by atoms with Gasteiger partial charge in [-0.15, -0.1) is 0 Å². The number of nitrogens with two attached hydrogens (primary N) is 3. The maximum atomic E-state index is 14.1. The molecule has 17 N–H and O–H groups in total. The number of rotatable bonds is 24. The highest BCUT2D eigenvalue weighted by Crippen LogP contribution is 2.24. The van der Waals surface area contributed by atoms with Crippen LogP contribution in [0.1, 0.15) is 68.9 Å². The minimum atomic E-state index is -1.60. The molecule has 3 aliphatic heterocycles. The van der Waals surface area contributed by atoms with Gasteiger partial charge < -0.3 is 69.1 Å². The fourth-order valence-corrected chi connectivity index (χ4v) is 9.02. The monoisotopic (exact) mass is 1060 g/mol. The Morgan fingerprint density at radius 1 is 0.658 bits per heavy atom. The van der Waals surface area contributed by atoms with Crippen molar-refractivity contribution >= 4 is 65.4 Å². The lowest BCUT2D eigenvalue weighted by Crippen LogP contribution is -2.60. The van der Waals surface area contributed by atoms with E-state index in [1.54, 1.807) is 60.7 Å². The van der Waals surface area contributed by atoms with E-state index in [-0.39, 0.29) is 89.7 Å². The van der Waals surface area contributed by atoms with Crippen molar-refractivity contribution in [2.75, 3.05) is 52.4 Å². The predicted octanol–water partition coefficient (Wildman–Crippen LogP) is -3.12. The van der Waals surface area contributed by atoms with Gasteiger partial charge in [-0.05, 0) is 68.9 Å². The topological polar surface area (TPSA) is 420 Å². The van der Waals surface area contributed by atoms with Gasteiger partial charge in [-0.25, -0.2) is 29.4 Å². The van der Waals surface area contributed by atoms with Crippen LogP contribution in [0, 0.1) is 10.8 Å². The quantitative estimate of drug-likeness (QED) is 0.0214. The molecule has 0 spiro atoms. The van der Waals surface area contributed by atoms with Crippen LogP contribution in [0.2, 0.25) is 0 Å². The van der Waals surface area contributed by atoms with Crippen LogP contribution >= 0.6 is 0 Å². The maximum Gasteiger partial charge on any atom is 0.339 e. The Hall–Kier alpha value is -8.27. The molecule has 3 fully saturated rings. The number of hydrazine groups is 2. The number of amides is 10. The molecule has 414 valence electrons. The SMILES string of the molecule is N=C(N)NCCCC(NC(=O)N(Cc1ccccc1)NC(=O)[C@@H]1CCCN1C(=O)[C@H](CO)NC(=O)[C@H](Cc1ccccc1)NC(=O)CNC(=O)[C@@H]1CCCN1C(=O)N1CCCN1C(=O)[C@@H](N)CCCNC(=N)N)C(=O)O. The average molecular weight is 1060 g/mol. The Labute approximate surface area is 439 Å². The van der Waals surface area contributed by atoms with Crippen LogP contribution in [0.15, 0.2) is 60.7 Å². The van der Waals surface area contributed by atoms with Gasteiger partial charge in [0, 0.05) is 45.7 Å². The summed E-state index contributed by atoms with van der Waals surface area (Å²) in [5, 5.41) is 53.7. The molecule has 2 aromatic rings. The largest absolute Gasteiger partial charge is 0.480 e. The van der Waals surface area contributed by atoms with Gasteiger partial charge in [0.25, 0.3) is 11.8 Å². The Morgan fingerprint density at radius 3 is 1.84 bits per heavy atom. The van der Waals surface area contributed by atoms with E-state index >= 15 is 0 Å². The lowest BCUT2D eigenvalue weighted by atomic mass is 10.0. The molecule has 3 heterocycles. The summed E-state index contributed by atoms with van der Waals surface area (Å²) in [4.78, 5) is 125. The second-order valence-electron chi connectivity index (χ2n) is 18.5.